The molecule has 0 saturated heterocycles. The van der Waals surface area contributed by atoms with Crippen LogP contribution in [0.5, 0.6) is 0 Å². The van der Waals surface area contributed by atoms with Crippen molar-refractivity contribution in [2.75, 3.05) is 6.61 Å². The largest absolute Gasteiger partial charge is 0.393 e. The minimum absolute atomic E-state index is 0.163. The molecule has 4 aliphatic carbocycles. The highest BCUT2D eigenvalue weighted by atomic mass is 19.1. The minimum Gasteiger partial charge on any atom is -0.393 e. The van der Waals surface area contributed by atoms with Crippen LogP contribution >= 0.6 is 0 Å². The van der Waals surface area contributed by atoms with Crippen molar-refractivity contribution in [3.05, 3.63) is 35.2 Å². The van der Waals surface area contributed by atoms with Gasteiger partial charge < -0.3 is 10.2 Å². The molecule has 2 N–H and O–H groups in total. The molecule has 2 saturated carbocycles. The lowest BCUT2D eigenvalue weighted by Crippen LogP contribution is -2.49. The third-order valence-electron chi connectivity index (χ3n) is 7.85. The maximum atomic E-state index is 14.2. The van der Waals surface area contributed by atoms with Gasteiger partial charge in [-0.1, -0.05) is 37.6 Å². The van der Waals surface area contributed by atoms with Crippen LogP contribution in [-0.2, 0) is 0 Å². The first-order chi connectivity index (χ1) is 11.4. The molecule has 4 aliphatic rings. The number of aliphatic hydroxyl groups is 2. The summed E-state index contributed by atoms with van der Waals surface area (Å²) in [5.74, 6) is 1.19. The van der Waals surface area contributed by atoms with Gasteiger partial charge in [-0.15, -0.1) is 0 Å². The van der Waals surface area contributed by atoms with E-state index in [0.29, 0.717) is 17.8 Å². The summed E-state index contributed by atoms with van der Waals surface area (Å²) in [6.45, 7) is 4.09. The molecule has 2 nitrogen and oxygen atoms in total. The Morgan fingerprint density at radius 3 is 2.75 bits per heavy atom. The number of halogens is 1. The molecule has 0 amide bonds. The molecule has 0 unspecified atom stereocenters. The van der Waals surface area contributed by atoms with Crippen molar-refractivity contribution in [2.24, 2.45) is 28.6 Å². The third-order valence-corrected chi connectivity index (χ3v) is 7.85. The summed E-state index contributed by atoms with van der Waals surface area (Å²) in [7, 11) is 0. The molecule has 0 heterocycles. The number of aliphatic hydroxyl groups excluding tert-OH is 2. The molecule has 0 aliphatic heterocycles. The van der Waals surface area contributed by atoms with Gasteiger partial charge in [0, 0.05) is 5.41 Å². The molecule has 6 atom stereocenters. The van der Waals surface area contributed by atoms with Crippen LogP contribution in [0.1, 0.15) is 52.4 Å². The zero-order valence-corrected chi connectivity index (χ0v) is 14.8. The first-order valence-corrected chi connectivity index (χ1v) is 9.46. The second-order valence-electron chi connectivity index (χ2n) is 8.87. The normalized spacial score (nSPS) is 49.1. The van der Waals surface area contributed by atoms with E-state index in [-0.39, 0.29) is 22.8 Å². The number of hydrogen-bond acceptors (Lipinski definition) is 2. The fraction of sp³-hybridized carbons (Fsp3) is 0.714. The van der Waals surface area contributed by atoms with Gasteiger partial charge in [0.05, 0.1) is 12.7 Å². The fourth-order valence-electron chi connectivity index (χ4n) is 6.44. The molecule has 2 fully saturated rings. The van der Waals surface area contributed by atoms with Crippen LogP contribution in [0.3, 0.4) is 0 Å². The van der Waals surface area contributed by atoms with Crippen molar-refractivity contribution in [1.82, 2.24) is 0 Å². The van der Waals surface area contributed by atoms with Gasteiger partial charge in [-0.05, 0) is 67.3 Å². The van der Waals surface area contributed by atoms with Gasteiger partial charge >= 0.3 is 0 Å². The highest BCUT2D eigenvalue weighted by molar-refractivity contribution is 5.40. The summed E-state index contributed by atoms with van der Waals surface area (Å²) >= 11 is 0. The molecular weight excluding hydrogens is 303 g/mol. The Hall–Kier alpha value is -0.930. The van der Waals surface area contributed by atoms with Crippen molar-refractivity contribution in [2.45, 2.75) is 58.5 Å². The van der Waals surface area contributed by atoms with E-state index >= 15 is 0 Å². The van der Waals surface area contributed by atoms with E-state index in [4.69, 9.17) is 0 Å². The van der Waals surface area contributed by atoms with Crippen LogP contribution in [0.4, 0.5) is 4.39 Å². The van der Waals surface area contributed by atoms with E-state index in [9.17, 15) is 14.6 Å². The maximum absolute atomic E-state index is 14.2. The molecule has 0 bridgehead atoms. The second-order valence-corrected chi connectivity index (χ2v) is 8.87. The predicted molar refractivity (Wildman–Crippen MR) is 92.8 cm³/mol. The molecule has 0 aromatic rings. The molecule has 0 spiro atoms. The van der Waals surface area contributed by atoms with Gasteiger partial charge in [0.25, 0.3) is 0 Å². The van der Waals surface area contributed by atoms with Crippen molar-refractivity contribution < 1.29 is 14.6 Å². The Kier molecular flexibility index (Phi) is 3.81. The molecule has 0 radical (unpaired) electrons. The minimum atomic E-state index is -0.490. The van der Waals surface area contributed by atoms with Gasteiger partial charge in [-0.3, -0.25) is 0 Å². The zero-order valence-electron chi connectivity index (χ0n) is 14.8. The smallest absolute Gasteiger partial charge is 0.129 e. The van der Waals surface area contributed by atoms with Crippen molar-refractivity contribution in [3.8, 4) is 0 Å². The van der Waals surface area contributed by atoms with E-state index in [0.717, 1.165) is 44.1 Å². The maximum Gasteiger partial charge on any atom is 0.129 e. The molecular formula is C21H29FO2. The van der Waals surface area contributed by atoms with Gasteiger partial charge in [0.1, 0.15) is 5.83 Å². The Bertz CT molecular complexity index is 634. The number of rotatable bonds is 1. The highest BCUT2D eigenvalue weighted by Crippen LogP contribution is 2.64. The SMILES string of the molecule is C[C@]12CC[C@H](O)CC1=CC[C@@H]1[C@@H]2CC[C@]2(C)/C(=C(/F)CO)C=C[C@@H]12. The standard InChI is InChI=1S/C21H29FO2/c1-20-9-7-14(24)11-13(20)3-4-15-16-5-6-18(19(22)12-23)21(16,2)10-8-17(15)20/h3,5-6,14-17,23-24H,4,7-12H2,1-2H3/b19-18+/t14-,15-,16-,17-,20-,21-/m0/s1. The predicted octanol–water partition coefficient (Wildman–Crippen LogP) is 4.30. The molecule has 0 aromatic heterocycles. The van der Waals surface area contributed by atoms with Crippen molar-refractivity contribution in [1.29, 1.82) is 0 Å². The first kappa shape index (κ1) is 16.5. The number of fused-ring (bicyclic) bond motifs is 5. The lowest BCUT2D eigenvalue weighted by molar-refractivity contribution is -0.0161. The second kappa shape index (κ2) is 5.54. The van der Waals surface area contributed by atoms with Crippen molar-refractivity contribution in [3.63, 3.8) is 0 Å². The Morgan fingerprint density at radius 1 is 1.25 bits per heavy atom. The van der Waals surface area contributed by atoms with Crippen LogP contribution in [0.2, 0.25) is 0 Å². The molecule has 24 heavy (non-hydrogen) atoms. The molecule has 132 valence electrons. The van der Waals surface area contributed by atoms with Crippen LogP contribution in [0.25, 0.3) is 0 Å². The van der Waals surface area contributed by atoms with E-state index in [2.05, 4.69) is 26.0 Å². The quantitative estimate of drug-likeness (QED) is 0.703. The highest BCUT2D eigenvalue weighted by Gasteiger charge is 2.56. The van der Waals surface area contributed by atoms with E-state index in [1.165, 1.54) is 5.57 Å². The van der Waals surface area contributed by atoms with E-state index in [1.807, 2.05) is 6.08 Å². The Labute approximate surface area is 144 Å². The van der Waals surface area contributed by atoms with Crippen molar-refractivity contribution >= 4 is 0 Å². The lowest BCUT2D eigenvalue weighted by atomic mass is 9.47. The summed E-state index contributed by atoms with van der Waals surface area (Å²) in [5.41, 5.74) is 2.24. The van der Waals surface area contributed by atoms with Gasteiger partial charge in [0.15, 0.2) is 0 Å². The monoisotopic (exact) mass is 332 g/mol. The average molecular weight is 332 g/mol. The Balaban J connectivity index is 1.69. The van der Waals surface area contributed by atoms with Crippen LogP contribution < -0.4 is 0 Å². The lowest BCUT2D eigenvalue weighted by Gasteiger charge is -2.57. The summed E-state index contributed by atoms with van der Waals surface area (Å²) < 4.78 is 14.2. The van der Waals surface area contributed by atoms with E-state index in [1.54, 1.807) is 0 Å². The number of allylic oxidation sites excluding steroid dienone is 4. The zero-order chi connectivity index (χ0) is 17.1. The topological polar surface area (TPSA) is 40.5 Å². The first-order valence-electron chi connectivity index (χ1n) is 9.46. The Morgan fingerprint density at radius 2 is 2.00 bits per heavy atom. The van der Waals surface area contributed by atoms with Crippen LogP contribution in [-0.4, -0.2) is 22.9 Å². The van der Waals surface area contributed by atoms with Crippen LogP contribution in [0, 0.1) is 28.6 Å². The fourth-order valence-corrected chi connectivity index (χ4v) is 6.44. The summed E-state index contributed by atoms with van der Waals surface area (Å²) in [4.78, 5) is 0. The third kappa shape index (κ3) is 2.13. The van der Waals surface area contributed by atoms with Crippen LogP contribution in [0.15, 0.2) is 35.2 Å². The molecule has 0 aromatic carbocycles. The molecule has 4 rings (SSSR count). The molecule has 3 heteroatoms. The summed E-state index contributed by atoms with van der Waals surface area (Å²) in [6, 6.07) is 0. The summed E-state index contributed by atoms with van der Waals surface area (Å²) in [6.07, 6.45) is 12.3. The summed E-state index contributed by atoms with van der Waals surface area (Å²) in [5, 5.41) is 19.3. The average Bonchev–Trinajstić information content (AvgIpc) is 2.92. The number of hydrogen-bond donors (Lipinski definition) is 2. The van der Waals surface area contributed by atoms with Gasteiger partial charge in [-0.25, -0.2) is 4.39 Å². The van der Waals surface area contributed by atoms with Gasteiger partial charge in [0.2, 0.25) is 0 Å². The van der Waals surface area contributed by atoms with E-state index < -0.39 is 6.61 Å². The van der Waals surface area contributed by atoms with Gasteiger partial charge in [-0.2, -0.15) is 0 Å².